The van der Waals surface area contributed by atoms with Gasteiger partial charge in [0.25, 0.3) is 0 Å². The summed E-state index contributed by atoms with van der Waals surface area (Å²) in [6.45, 7) is 4.02. The van der Waals surface area contributed by atoms with Gasteiger partial charge < -0.3 is 20.1 Å². The van der Waals surface area contributed by atoms with Gasteiger partial charge >= 0.3 is 0 Å². The largest absolute Gasteiger partial charge is 0.497 e. The number of thiocarbonyl (C=S) groups is 1. The van der Waals surface area contributed by atoms with E-state index in [-0.39, 0.29) is 6.04 Å². The molecule has 1 unspecified atom stereocenters. The van der Waals surface area contributed by atoms with Crippen molar-refractivity contribution in [3.05, 3.63) is 35.7 Å². The van der Waals surface area contributed by atoms with Crippen molar-refractivity contribution in [2.45, 2.75) is 19.9 Å². The third-order valence-corrected chi connectivity index (χ3v) is 3.74. The van der Waals surface area contributed by atoms with E-state index in [2.05, 4.69) is 15.7 Å². The van der Waals surface area contributed by atoms with Crippen LogP contribution in [-0.2, 0) is 7.05 Å². The average Bonchev–Trinajstić information content (AvgIpc) is 2.85. The molecule has 0 aliphatic heterocycles. The third-order valence-electron chi connectivity index (χ3n) is 3.52. The van der Waals surface area contributed by atoms with Gasteiger partial charge in [0.05, 0.1) is 31.6 Å². The number of benzene rings is 1. The number of hydrogen-bond acceptors (Lipinski definition) is 4. The Bertz CT molecular complexity index is 699. The summed E-state index contributed by atoms with van der Waals surface area (Å²) in [5.74, 6) is 1.42. The Labute approximate surface area is 141 Å². The highest BCUT2D eigenvalue weighted by Crippen LogP contribution is 2.29. The summed E-state index contributed by atoms with van der Waals surface area (Å²) >= 11 is 5.40. The smallest absolute Gasteiger partial charge is 0.171 e. The Balaban J connectivity index is 2.09. The van der Waals surface area contributed by atoms with E-state index in [0.29, 0.717) is 10.9 Å². The molecular weight excluding hydrogens is 312 g/mol. The van der Waals surface area contributed by atoms with E-state index < -0.39 is 0 Å². The van der Waals surface area contributed by atoms with Crippen LogP contribution in [0.25, 0.3) is 0 Å². The summed E-state index contributed by atoms with van der Waals surface area (Å²) in [7, 11) is 5.14. The molecule has 1 aromatic heterocycles. The average molecular weight is 334 g/mol. The topological polar surface area (TPSA) is 60.3 Å². The van der Waals surface area contributed by atoms with Gasteiger partial charge in [-0.25, -0.2) is 0 Å². The van der Waals surface area contributed by atoms with Gasteiger partial charge in [0, 0.05) is 24.9 Å². The van der Waals surface area contributed by atoms with E-state index in [1.807, 2.05) is 45.3 Å². The van der Waals surface area contributed by atoms with E-state index in [0.717, 1.165) is 22.7 Å². The highest BCUT2D eigenvalue weighted by molar-refractivity contribution is 7.80. The van der Waals surface area contributed by atoms with Crippen molar-refractivity contribution in [2.24, 2.45) is 7.05 Å². The van der Waals surface area contributed by atoms with Crippen LogP contribution in [0.5, 0.6) is 11.5 Å². The summed E-state index contributed by atoms with van der Waals surface area (Å²) < 4.78 is 12.4. The summed E-state index contributed by atoms with van der Waals surface area (Å²) in [5.41, 5.74) is 2.84. The van der Waals surface area contributed by atoms with Crippen LogP contribution < -0.4 is 20.1 Å². The number of nitrogens with zero attached hydrogens (tertiary/aromatic N) is 2. The van der Waals surface area contributed by atoms with Crippen LogP contribution in [0.4, 0.5) is 5.69 Å². The normalized spacial score (nSPS) is 11.7. The molecule has 7 heteroatoms. The van der Waals surface area contributed by atoms with Gasteiger partial charge in [-0.05, 0) is 38.2 Å². The molecular formula is C16H22N4O2S. The van der Waals surface area contributed by atoms with E-state index in [4.69, 9.17) is 21.7 Å². The second kappa shape index (κ2) is 7.32. The van der Waals surface area contributed by atoms with Crippen LogP contribution in [0, 0.1) is 6.92 Å². The minimum Gasteiger partial charge on any atom is -0.497 e. The van der Waals surface area contributed by atoms with Crippen molar-refractivity contribution < 1.29 is 9.47 Å². The molecule has 2 N–H and O–H groups in total. The minimum atomic E-state index is 0.0419. The van der Waals surface area contributed by atoms with E-state index in [1.165, 1.54) is 0 Å². The van der Waals surface area contributed by atoms with Crippen LogP contribution in [0.3, 0.4) is 0 Å². The molecule has 23 heavy (non-hydrogen) atoms. The Kier molecular flexibility index (Phi) is 5.44. The second-order valence-electron chi connectivity index (χ2n) is 5.23. The predicted molar refractivity (Wildman–Crippen MR) is 95.3 cm³/mol. The molecule has 0 bridgehead atoms. The number of aromatic nitrogens is 2. The van der Waals surface area contributed by atoms with E-state index >= 15 is 0 Å². The van der Waals surface area contributed by atoms with E-state index in [1.54, 1.807) is 18.9 Å². The van der Waals surface area contributed by atoms with Crippen molar-refractivity contribution in [1.82, 2.24) is 15.1 Å². The molecule has 1 heterocycles. The molecule has 0 aliphatic carbocycles. The number of hydrogen-bond donors (Lipinski definition) is 2. The van der Waals surface area contributed by atoms with Gasteiger partial charge in [-0.3, -0.25) is 4.68 Å². The molecule has 0 amide bonds. The van der Waals surface area contributed by atoms with Gasteiger partial charge in [-0.15, -0.1) is 0 Å². The fourth-order valence-electron chi connectivity index (χ4n) is 2.39. The molecule has 6 nitrogen and oxygen atoms in total. The first-order chi connectivity index (χ1) is 10.9. The van der Waals surface area contributed by atoms with E-state index in [9.17, 15) is 0 Å². The highest BCUT2D eigenvalue weighted by atomic mass is 32.1. The predicted octanol–water partition coefficient (Wildman–Crippen LogP) is 2.79. The molecule has 1 aromatic carbocycles. The minimum absolute atomic E-state index is 0.0419. The molecule has 124 valence electrons. The Morgan fingerprint density at radius 1 is 1.30 bits per heavy atom. The summed E-state index contributed by atoms with van der Waals surface area (Å²) in [6.07, 6.45) is 1.99. The van der Waals surface area contributed by atoms with Crippen molar-refractivity contribution in [3.63, 3.8) is 0 Å². The monoisotopic (exact) mass is 334 g/mol. The SMILES string of the molecule is COc1ccc(OC)c(NC(=S)NC(C)c2cn(C)nc2C)c1. The number of rotatable bonds is 5. The van der Waals surface area contributed by atoms with Gasteiger partial charge in [-0.1, -0.05) is 0 Å². The molecule has 0 aliphatic rings. The zero-order chi connectivity index (χ0) is 17.0. The Morgan fingerprint density at radius 3 is 2.61 bits per heavy atom. The number of methoxy groups -OCH3 is 2. The Morgan fingerprint density at radius 2 is 2.04 bits per heavy atom. The first-order valence-electron chi connectivity index (χ1n) is 7.24. The first kappa shape index (κ1) is 17.1. The summed E-state index contributed by atoms with van der Waals surface area (Å²) in [4.78, 5) is 0. The lowest BCUT2D eigenvalue weighted by Gasteiger charge is -2.18. The van der Waals surface area contributed by atoms with Crippen LogP contribution >= 0.6 is 12.2 Å². The van der Waals surface area contributed by atoms with Gasteiger partial charge in [0.15, 0.2) is 5.11 Å². The zero-order valence-electron chi connectivity index (χ0n) is 14.0. The van der Waals surface area contributed by atoms with Crippen LogP contribution in [-0.4, -0.2) is 29.1 Å². The number of ether oxygens (including phenoxy) is 2. The molecule has 2 aromatic rings. The highest BCUT2D eigenvalue weighted by Gasteiger charge is 2.14. The van der Waals surface area contributed by atoms with Crippen molar-refractivity contribution in [1.29, 1.82) is 0 Å². The first-order valence-corrected chi connectivity index (χ1v) is 7.65. The maximum atomic E-state index is 5.40. The van der Waals surface area contributed by atoms with Crippen molar-refractivity contribution in [3.8, 4) is 11.5 Å². The Hall–Kier alpha value is -2.28. The summed E-state index contributed by atoms with van der Waals surface area (Å²) in [6, 6.07) is 5.55. The molecule has 0 fully saturated rings. The van der Waals surface area contributed by atoms with Crippen LogP contribution in [0.15, 0.2) is 24.4 Å². The van der Waals surface area contributed by atoms with Crippen molar-refractivity contribution in [2.75, 3.05) is 19.5 Å². The molecule has 0 spiro atoms. The molecule has 0 saturated carbocycles. The molecule has 2 rings (SSSR count). The maximum Gasteiger partial charge on any atom is 0.171 e. The lowest BCUT2D eigenvalue weighted by Crippen LogP contribution is -2.31. The number of anilines is 1. The van der Waals surface area contributed by atoms with Crippen LogP contribution in [0.1, 0.15) is 24.2 Å². The summed E-state index contributed by atoms with van der Waals surface area (Å²) in [5, 5.41) is 11.3. The third kappa shape index (κ3) is 4.13. The molecule has 0 saturated heterocycles. The molecule has 1 atom stereocenters. The standard InChI is InChI=1S/C16H22N4O2S/c1-10(13-9-20(3)19-11(13)2)17-16(23)18-14-8-12(21-4)6-7-15(14)22-5/h6-10H,1-5H3,(H2,17,18,23). The van der Waals surface area contributed by atoms with Gasteiger partial charge in [0.1, 0.15) is 11.5 Å². The molecule has 0 radical (unpaired) electrons. The lowest BCUT2D eigenvalue weighted by atomic mass is 10.1. The number of aryl methyl sites for hydroxylation is 2. The second-order valence-corrected chi connectivity index (χ2v) is 5.64. The van der Waals surface area contributed by atoms with Crippen molar-refractivity contribution >= 4 is 23.0 Å². The maximum absolute atomic E-state index is 5.40. The van der Waals surface area contributed by atoms with Gasteiger partial charge in [-0.2, -0.15) is 5.10 Å². The quantitative estimate of drug-likeness (QED) is 0.820. The fourth-order valence-corrected chi connectivity index (χ4v) is 2.67. The zero-order valence-corrected chi connectivity index (χ0v) is 14.8. The fraction of sp³-hybridized carbons (Fsp3) is 0.375. The van der Waals surface area contributed by atoms with Crippen LogP contribution in [0.2, 0.25) is 0 Å². The number of nitrogens with one attached hydrogen (secondary N) is 2. The van der Waals surface area contributed by atoms with Gasteiger partial charge in [0.2, 0.25) is 0 Å². The lowest BCUT2D eigenvalue weighted by molar-refractivity contribution is 0.405.